The highest BCUT2D eigenvalue weighted by Crippen LogP contribution is 2.28. The summed E-state index contributed by atoms with van der Waals surface area (Å²) in [5.41, 5.74) is 0. The van der Waals surface area contributed by atoms with E-state index in [0.717, 1.165) is 13.0 Å². The maximum atomic E-state index is 5.47. The van der Waals surface area contributed by atoms with Crippen LogP contribution >= 0.6 is 11.8 Å². The minimum Gasteiger partial charge on any atom is -0.303 e. The molecule has 2 atom stereocenters. The van der Waals surface area contributed by atoms with Gasteiger partial charge in [0, 0.05) is 5.25 Å². The summed E-state index contributed by atoms with van der Waals surface area (Å²) in [4.78, 5) is 0. The fourth-order valence-corrected chi connectivity index (χ4v) is 2.80. The van der Waals surface area contributed by atoms with Crippen molar-refractivity contribution in [3.05, 3.63) is 0 Å². The van der Waals surface area contributed by atoms with Gasteiger partial charge in [0.15, 0.2) is 0 Å². The second-order valence-electron chi connectivity index (χ2n) is 3.15. The lowest BCUT2D eigenvalue weighted by molar-refractivity contribution is 0.568. The molecular weight excluding hydrogens is 166 g/mol. The molecule has 2 heteroatoms. The Bertz CT molecular complexity index is 156. The quantitative estimate of drug-likeness (QED) is 0.668. The van der Waals surface area contributed by atoms with E-state index in [1.807, 2.05) is 11.8 Å². The van der Waals surface area contributed by atoms with Crippen LogP contribution in [-0.2, 0) is 0 Å². The molecule has 0 aliphatic carbocycles. The van der Waals surface area contributed by atoms with E-state index >= 15 is 0 Å². The Morgan fingerprint density at radius 3 is 3.08 bits per heavy atom. The minimum absolute atomic E-state index is 0.303. The first-order chi connectivity index (χ1) is 5.88. The van der Waals surface area contributed by atoms with Crippen LogP contribution in [0.5, 0.6) is 0 Å². The zero-order chi connectivity index (χ0) is 8.81. The largest absolute Gasteiger partial charge is 0.303 e. The first-order valence-electron chi connectivity index (χ1n) is 4.69. The average Bonchev–Trinajstić information content (AvgIpc) is 2.59. The van der Waals surface area contributed by atoms with E-state index in [-0.39, 0.29) is 0 Å². The first-order valence-corrected chi connectivity index (χ1v) is 5.74. The predicted molar refractivity (Wildman–Crippen MR) is 56.4 cm³/mol. The van der Waals surface area contributed by atoms with Crippen LogP contribution in [0, 0.1) is 12.3 Å². The van der Waals surface area contributed by atoms with Crippen molar-refractivity contribution in [3.8, 4) is 12.3 Å². The third-order valence-corrected chi connectivity index (χ3v) is 3.59. The molecule has 0 spiro atoms. The molecule has 0 amide bonds. The zero-order valence-corrected chi connectivity index (χ0v) is 8.49. The zero-order valence-electron chi connectivity index (χ0n) is 7.68. The summed E-state index contributed by atoms with van der Waals surface area (Å²) in [6.45, 7) is 3.22. The van der Waals surface area contributed by atoms with Gasteiger partial charge in [-0.1, -0.05) is 12.8 Å². The van der Waals surface area contributed by atoms with Gasteiger partial charge in [-0.25, -0.2) is 0 Å². The van der Waals surface area contributed by atoms with E-state index in [9.17, 15) is 0 Å². The molecule has 1 aliphatic heterocycles. The summed E-state index contributed by atoms with van der Waals surface area (Å²) in [7, 11) is 0. The van der Waals surface area contributed by atoms with Crippen molar-refractivity contribution in [2.45, 2.75) is 37.5 Å². The van der Waals surface area contributed by atoms with Crippen LogP contribution in [0.1, 0.15) is 26.2 Å². The van der Waals surface area contributed by atoms with E-state index < -0.39 is 0 Å². The van der Waals surface area contributed by atoms with Crippen LogP contribution in [0.2, 0.25) is 0 Å². The number of rotatable bonds is 4. The highest BCUT2D eigenvalue weighted by Gasteiger charge is 2.22. The van der Waals surface area contributed by atoms with E-state index in [0.29, 0.717) is 11.3 Å². The maximum Gasteiger partial charge on any atom is 0.0807 e. The molecule has 1 saturated heterocycles. The van der Waals surface area contributed by atoms with Gasteiger partial charge >= 0.3 is 0 Å². The van der Waals surface area contributed by atoms with Crippen molar-refractivity contribution >= 4 is 11.8 Å². The monoisotopic (exact) mass is 183 g/mol. The fourth-order valence-electron chi connectivity index (χ4n) is 1.46. The molecule has 1 N–H and O–H groups in total. The molecule has 1 nitrogen and oxygen atoms in total. The number of hydrogen-bond acceptors (Lipinski definition) is 2. The minimum atomic E-state index is 0.303. The van der Waals surface area contributed by atoms with Gasteiger partial charge in [0.05, 0.1) is 6.04 Å². The fraction of sp³-hybridized carbons (Fsp3) is 0.800. The van der Waals surface area contributed by atoms with Gasteiger partial charge < -0.3 is 5.32 Å². The highest BCUT2D eigenvalue weighted by atomic mass is 32.2. The highest BCUT2D eigenvalue weighted by molar-refractivity contribution is 8.00. The van der Waals surface area contributed by atoms with Crippen LogP contribution in [-0.4, -0.2) is 23.6 Å². The van der Waals surface area contributed by atoms with Crippen molar-refractivity contribution in [2.75, 3.05) is 12.3 Å². The molecule has 0 aromatic rings. The summed E-state index contributed by atoms with van der Waals surface area (Å²) in [6, 6.07) is 0.303. The summed E-state index contributed by atoms with van der Waals surface area (Å²) in [5.74, 6) is 4.14. The van der Waals surface area contributed by atoms with Crippen molar-refractivity contribution in [1.82, 2.24) is 5.32 Å². The standard InChI is InChI=1S/C10H17NS/c1-3-7-11-9(4-2)10-6-5-8-12-10/h2,9-11H,3,5-8H2,1H3. The number of hydrogen-bond donors (Lipinski definition) is 1. The van der Waals surface area contributed by atoms with Crippen molar-refractivity contribution in [2.24, 2.45) is 0 Å². The van der Waals surface area contributed by atoms with E-state index in [1.54, 1.807) is 0 Å². The SMILES string of the molecule is C#CC(NCCC)C1CCCS1. The van der Waals surface area contributed by atoms with Gasteiger partial charge in [-0.2, -0.15) is 11.8 Å². The molecule has 0 aromatic heterocycles. The molecule has 1 fully saturated rings. The van der Waals surface area contributed by atoms with Crippen LogP contribution in [0.3, 0.4) is 0 Å². The van der Waals surface area contributed by atoms with Gasteiger partial charge in [0.1, 0.15) is 0 Å². The third kappa shape index (κ3) is 2.73. The van der Waals surface area contributed by atoms with Crippen molar-refractivity contribution in [1.29, 1.82) is 0 Å². The number of nitrogens with one attached hydrogen (secondary N) is 1. The second-order valence-corrected chi connectivity index (χ2v) is 4.50. The third-order valence-electron chi connectivity index (χ3n) is 2.13. The summed E-state index contributed by atoms with van der Waals surface area (Å²) >= 11 is 2.02. The lowest BCUT2D eigenvalue weighted by Gasteiger charge is -2.18. The Morgan fingerprint density at radius 2 is 2.58 bits per heavy atom. The Hall–Kier alpha value is -0.130. The van der Waals surface area contributed by atoms with E-state index in [1.165, 1.54) is 18.6 Å². The molecule has 1 aliphatic rings. The molecule has 0 radical (unpaired) electrons. The van der Waals surface area contributed by atoms with Gasteiger partial charge in [-0.3, -0.25) is 0 Å². The molecule has 1 heterocycles. The predicted octanol–water partition coefficient (Wildman–Crippen LogP) is 1.88. The molecule has 68 valence electrons. The Balaban J connectivity index is 2.29. The molecule has 1 rings (SSSR count). The van der Waals surface area contributed by atoms with Crippen LogP contribution < -0.4 is 5.32 Å². The van der Waals surface area contributed by atoms with Gasteiger partial charge in [-0.15, -0.1) is 6.42 Å². The van der Waals surface area contributed by atoms with Crippen molar-refractivity contribution < 1.29 is 0 Å². The lowest BCUT2D eigenvalue weighted by Crippen LogP contribution is -2.36. The summed E-state index contributed by atoms with van der Waals surface area (Å²) in [6.07, 6.45) is 9.25. The summed E-state index contributed by atoms with van der Waals surface area (Å²) < 4.78 is 0. The Kier molecular flexibility index (Phi) is 4.57. The van der Waals surface area contributed by atoms with Crippen LogP contribution in [0.15, 0.2) is 0 Å². The van der Waals surface area contributed by atoms with Gasteiger partial charge in [-0.05, 0) is 31.6 Å². The molecule has 2 unspecified atom stereocenters. The number of terminal acetylenes is 1. The van der Waals surface area contributed by atoms with E-state index in [4.69, 9.17) is 6.42 Å². The van der Waals surface area contributed by atoms with Crippen LogP contribution in [0.25, 0.3) is 0 Å². The maximum absolute atomic E-state index is 5.47. The Labute approximate surface area is 79.7 Å². The van der Waals surface area contributed by atoms with Crippen LogP contribution in [0.4, 0.5) is 0 Å². The van der Waals surface area contributed by atoms with Gasteiger partial charge in [0.25, 0.3) is 0 Å². The topological polar surface area (TPSA) is 12.0 Å². The first kappa shape index (κ1) is 9.95. The van der Waals surface area contributed by atoms with Crippen molar-refractivity contribution in [3.63, 3.8) is 0 Å². The lowest BCUT2D eigenvalue weighted by atomic mass is 10.1. The molecule has 12 heavy (non-hydrogen) atoms. The smallest absolute Gasteiger partial charge is 0.0807 e. The van der Waals surface area contributed by atoms with Gasteiger partial charge in [0.2, 0.25) is 0 Å². The Morgan fingerprint density at radius 1 is 1.75 bits per heavy atom. The molecule has 0 aromatic carbocycles. The van der Waals surface area contributed by atoms with E-state index in [2.05, 4.69) is 18.2 Å². The molecule has 0 saturated carbocycles. The summed E-state index contributed by atoms with van der Waals surface area (Å²) in [5, 5.41) is 4.07. The number of thioether (sulfide) groups is 1. The molecule has 0 bridgehead atoms. The second kappa shape index (κ2) is 5.50. The normalized spacial score (nSPS) is 25.2. The average molecular weight is 183 g/mol. The molecular formula is C10H17NS.